The van der Waals surface area contributed by atoms with Crippen LogP contribution in [0.4, 0.5) is 18.0 Å². The summed E-state index contributed by atoms with van der Waals surface area (Å²) in [6.07, 6.45) is 0.535. The van der Waals surface area contributed by atoms with Crippen LogP contribution in [0.2, 0.25) is 0 Å². The maximum atomic E-state index is 15.0. The largest absolute Gasteiger partial charge is 0.491 e. The molecule has 0 bridgehead atoms. The van der Waals surface area contributed by atoms with Gasteiger partial charge in [0, 0.05) is 23.1 Å². The average Bonchev–Trinajstić information content (AvgIpc) is 4.07. The molecule has 60 heavy (non-hydrogen) atoms. The van der Waals surface area contributed by atoms with Gasteiger partial charge < -0.3 is 29.7 Å². The molecule has 1 aromatic heterocycles. The molecule has 3 N–H and O–H groups in total. The molecule has 2 aromatic rings. The second kappa shape index (κ2) is 16.0. The number of aryl methyl sites for hydroxylation is 1. The minimum absolute atomic E-state index is 0.0290. The minimum atomic E-state index is -4.91. The Morgan fingerprint density at radius 1 is 1.12 bits per heavy atom. The highest BCUT2D eigenvalue weighted by Gasteiger charge is 2.63. The predicted octanol–water partition coefficient (Wildman–Crippen LogP) is 5.62. The molecular weight excluding hydrogens is 808 g/mol. The average molecular weight is 862 g/mol. The highest BCUT2D eigenvalue weighted by atomic mass is 32.2. The molecule has 3 aliphatic heterocycles. The summed E-state index contributed by atoms with van der Waals surface area (Å²) in [4.78, 5) is 63.0. The van der Waals surface area contributed by atoms with E-state index < -0.39 is 85.9 Å². The van der Waals surface area contributed by atoms with E-state index in [1.165, 1.54) is 4.90 Å². The Balaban J connectivity index is 1.25. The zero-order valence-electron chi connectivity index (χ0n) is 34.5. The van der Waals surface area contributed by atoms with Crippen LogP contribution in [0, 0.1) is 17.8 Å². The van der Waals surface area contributed by atoms with Gasteiger partial charge >= 0.3 is 12.3 Å². The summed E-state index contributed by atoms with van der Waals surface area (Å²) in [7, 11) is -4.08. The highest BCUT2D eigenvalue weighted by Crippen LogP contribution is 2.48. The van der Waals surface area contributed by atoms with Crippen LogP contribution >= 0.6 is 0 Å². The van der Waals surface area contributed by atoms with E-state index >= 15 is 0 Å². The predicted molar refractivity (Wildman–Crippen MR) is 213 cm³/mol. The lowest BCUT2D eigenvalue weighted by Gasteiger charge is -2.35. The number of allylic oxidation sites excluding steroid dienone is 1. The fraction of sp³-hybridized carbons (Fsp3) is 0.643. The summed E-state index contributed by atoms with van der Waals surface area (Å²) in [5.41, 5.74) is -3.83. The Bertz CT molecular complexity index is 2180. The van der Waals surface area contributed by atoms with E-state index in [-0.39, 0.29) is 31.2 Å². The summed E-state index contributed by atoms with van der Waals surface area (Å²) >= 11 is 0. The molecule has 1 aromatic carbocycles. The van der Waals surface area contributed by atoms with Crippen molar-refractivity contribution in [2.75, 3.05) is 13.2 Å². The number of hydrogen-bond donors (Lipinski definition) is 3. The summed E-state index contributed by atoms with van der Waals surface area (Å²) in [5, 5.41) is 6.70. The third-order valence-electron chi connectivity index (χ3n) is 12.9. The number of nitrogens with one attached hydrogen (secondary N) is 3. The van der Waals surface area contributed by atoms with E-state index in [1.54, 1.807) is 19.9 Å². The highest BCUT2D eigenvalue weighted by molar-refractivity contribution is 7.91. The van der Waals surface area contributed by atoms with Gasteiger partial charge in [-0.3, -0.25) is 19.1 Å². The summed E-state index contributed by atoms with van der Waals surface area (Å²) < 4.78 is 86.5. The number of ether oxygens (including phenoxy) is 3. The molecule has 7 rings (SSSR count). The zero-order valence-corrected chi connectivity index (χ0v) is 35.3. The van der Waals surface area contributed by atoms with Crippen LogP contribution in [-0.2, 0) is 35.6 Å². The normalized spacial score (nSPS) is 29.9. The number of carbonyl (C=O) groups excluding carboxylic acids is 4. The molecule has 2 aliphatic carbocycles. The number of pyridine rings is 1. The molecule has 2 saturated carbocycles. The summed E-state index contributed by atoms with van der Waals surface area (Å²) in [6, 6.07) is 4.66. The summed E-state index contributed by atoms with van der Waals surface area (Å²) in [6.45, 7) is 7.07. The van der Waals surface area contributed by atoms with Crippen LogP contribution in [-0.4, -0.2) is 95.5 Å². The fourth-order valence-corrected chi connectivity index (χ4v) is 9.82. The van der Waals surface area contributed by atoms with Crippen molar-refractivity contribution in [3.8, 4) is 11.6 Å². The number of fused-ring (bicyclic) bond motifs is 5. The Morgan fingerprint density at radius 2 is 1.83 bits per heavy atom. The standard InChI is InChI=1S/C42H54F3N5O9S/c1-6-25-20-24(2)12-7-8-13-26-22-41(26,37(53)49-60(55,56)40(5)17-18-40)48-34(51)31-21-27(23-50(31)36(52)32(25)47-38(54)59-39(3,4)42(43,44)45)58-35-29-15-10-9-14-28(29)33-30(46-35)16-11-19-57-33/h8-10,13-15,24-27,31-32H,6-7,11-12,16-23H2,1-5H3,(H,47,54)(H,48,51)(H,49,53)/b13-8-/t24-,25+,26?,27+,31-,32-,41+/m0/s1. The van der Waals surface area contributed by atoms with Crippen molar-refractivity contribution in [2.45, 2.75) is 139 Å². The van der Waals surface area contributed by atoms with Crippen molar-refractivity contribution < 1.29 is 55.0 Å². The van der Waals surface area contributed by atoms with Gasteiger partial charge in [-0.05, 0) is 90.0 Å². The van der Waals surface area contributed by atoms with Crippen molar-refractivity contribution in [2.24, 2.45) is 17.8 Å². The van der Waals surface area contributed by atoms with Gasteiger partial charge in [0.1, 0.15) is 29.5 Å². The van der Waals surface area contributed by atoms with Gasteiger partial charge in [0.25, 0.3) is 5.91 Å². The molecule has 18 heteroatoms. The quantitative estimate of drug-likeness (QED) is 0.282. The SMILES string of the molecule is CC[C@@H]1C[C@@H](C)CC/C=C\C2C[C@@]2(C(=O)NS(=O)(=O)C2(C)CC2)NC(=O)[C@@H]2C[C@@H](Oc3nc4c(c5ccccc35)OCCC4)CN2C(=O)[C@H]1NC(=O)OC(C)(C)C(F)(F)F. The lowest BCUT2D eigenvalue weighted by molar-refractivity contribution is -0.244. The molecule has 14 nitrogen and oxygen atoms in total. The number of alkyl carbamates (subject to hydrolysis) is 1. The van der Waals surface area contributed by atoms with E-state index in [0.717, 1.165) is 11.8 Å². The van der Waals surface area contributed by atoms with Gasteiger partial charge in [0.05, 0.1) is 23.6 Å². The van der Waals surface area contributed by atoms with Crippen LogP contribution in [0.15, 0.2) is 36.4 Å². The van der Waals surface area contributed by atoms with E-state index in [0.29, 0.717) is 82.2 Å². The first-order chi connectivity index (χ1) is 28.2. The van der Waals surface area contributed by atoms with E-state index in [2.05, 4.69) is 15.4 Å². The van der Waals surface area contributed by atoms with Crippen molar-refractivity contribution in [3.63, 3.8) is 0 Å². The number of aromatic nitrogens is 1. The number of rotatable bonds is 8. The Hall–Kier alpha value is -4.61. The van der Waals surface area contributed by atoms with E-state index in [1.807, 2.05) is 37.3 Å². The molecule has 1 saturated heterocycles. The smallest absolute Gasteiger partial charge is 0.427 e. The first-order valence-electron chi connectivity index (χ1n) is 20.8. The van der Waals surface area contributed by atoms with Crippen molar-refractivity contribution in [1.82, 2.24) is 25.2 Å². The van der Waals surface area contributed by atoms with Crippen LogP contribution in [0.3, 0.4) is 0 Å². The Morgan fingerprint density at radius 3 is 2.52 bits per heavy atom. The van der Waals surface area contributed by atoms with Gasteiger partial charge in [0.2, 0.25) is 33.3 Å². The first kappa shape index (κ1) is 43.5. The molecule has 0 radical (unpaired) electrons. The van der Waals surface area contributed by atoms with E-state index in [4.69, 9.17) is 19.2 Å². The fourth-order valence-electron chi connectivity index (χ4n) is 8.51. The zero-order chi connectivity index (χ0) is 43.4. The molecule has 328 valence electrons. The summed E-state index contributed by atoms with van der Waals surface area (Å²) in [5.74, 6) is -2.64. The number of carbonyl (C=O) groups is 4. The second-order valence-corrected chi connectivity index (χ2v) is 20.1. The van der Waals surface area contributed by atoms with Crippen LogP contribution in [0.1, 0.15) is 98.1 Å². The maximum absolute atomic E-state index is 15.0. The van der Waals surface area contributed by atoms with Gasteiger partial charge in [0.15, 0.2) is 0 Å². The molecular formula is C42H54F3N5O9S. The monoisotopic (exact) mass is 861 g/mol. The number of nitrogens with zero attached hydrogens (tertiary/aromatic N) is 2. The lowest BCUT2D eigenvalue weighted by atomic mass is 9.85. The lowest BCUT2D eigenvalue weighted by Crippen LogP contribution is -2.60. The van der Waals surface area contributed by atoms with Crippen LogP contribution in [0.25, 0.3) is 10.8 Å². The van der Waals surface area contributed by atoms with Gasteiger partial charge in [-0.15, -0.1) is 0 Å². The van der Waals surface area contributed by atoms with Crippen LogP contribution < -0.4 is 24.8 Å². The van der Waals surface area contributed by atoms with Crippen LogP contribution in [0.5, 0.6) is 11.6 Å². The number of amides is 4. The molecule has 7 atom stereocenters. The first-order valence-corrected chi connectivity index (χ1v) is 22.3. The number of alkyl halides is 3. The number of halogens is 3. The second-order valence-electron chi connectivity index (χ2n) is 17.9. The maximum Gasteiger partial charge on any atom is 0.427 e. The Kier molecular flexibility index (Phi) is 11.6. The molecule has 4 heterocycles. The molecule has 4 amide bonds. The van der Waals surface area contributed by atoms with Gasteiger partial charge in [-0.1, -0.05) is 50.6 Å². The molecule has 1 unspecified atom stereocenters. The molecule has 0 spiro atoms. The van der Waals surface area contributed by atoms with Crippen molar-refractivity contribution in [1.29, 1.82) is 0 Å². The number of hydrogen-bond acceptors (Lipinski definition) is 10. The van der Waals surface area contributed by atoms with Crippen molar-refractivity contribution in [3.05, 3.63) is 42.1 Å². The Labute approximate surface area is 347 Å². The third kappa shape index (κ3) is 8.49. The molecule has 5 aliphatic rings. The third-order valence-corrected chi connectivity index (χ3v) is 15.1. The van der Waals surface area contributed by atoms with Gasteiger partial charge in [-0.2, -0.15) is 13.2 Å². The topological polar surface area (TPSA) is 182 Å². The van der Waals surface area contributed by atoms with Crippen molar-refractivity contribution >= 4 is 44.6 Å². The number of sulfonamides is 1. The minimum Gasteiger partial charge on any atom is -0.491 e. The van der Waals surface area contributed by atoms with Gasteiger partial charge in [-0.25, -0.2) is 18.2 Å². The van der Waals surface area contributed by atoms with E-state index in [9.17, 15) is 40.8 Å². The molecule has 3 fully saturated rings. The number of benzene rings is 1.